The number of thioether (sulfide) groups is 1. The van der Waals surface area contributed by atoms with Crippen molar-refractivity contribution >= 4 is 134 Å². The van der Waals surface area contributed by atoms with Crippen LogP contribution in [-0.4, -0.2) is 46.2 Å². The van der Waals surface area contributed by atoms with Crippen molar-refractivity contribution in [2.75, 3.05) is 27.0 Å². The van der Waals surface area contributed by atoms with E-state index in [1.54, 1.807) is 78.6 Å². The highest BCUT2D eigenvalue weighted by Crippen LogP contribution is 2.35. The van der Waals surface area contributed by atoms with Crippen LogP contribution in [0.25, 0.3) is 41.4 Å². The molecule has 129 heavy (non-hydrogen) atoms. The van der Waals surface area contributed by atoms with Gasteiger partial charge in [0.15, 0.2) is 11.3 Å². The van der Waals surface area contributed by atoms with E-state index in [9.17, 15) is 33.6 Å². The molecule has 0 spiro atoms. The topological polar surface area (TPSA) is 245 Å². The van der Waals surface area contributed by atoms with Gasteiger partial charge in [-0.2, -0.15) is 0 Å². The van der Waals surface area contributed by atoms with E-state index >= 15 is 0 Å². The first-order valence-electron chi connectivity index (χ1n) is 41.2. The minimum Gasteiger partial charge on any atom is -0.457 e. The van der Waals surface area contributed by atoms with Crippen molar-refractivity contribution in [3.05, 3.63) is 454 Å². The Hall–Kier alpha value is -15.7. The van der Waals surface area contributed by atoms with Crippen LogP contribution < -0.4 is 56.9 Å². The fourth-order valence-electron chi connectivity index (χ4n) is 13.9. The van der Waals surface area contributed by atoms with Crippen LogP contribution >= 0.6 is 46.4 Å². The number of fused-ring (bicyclic) bond motifs is 4. The molecule has 4 aromatic heterocycles. The average Bonchev–Trinajstić information content (AvgIpc) is 1.66. The number of carbonyl (C=O) groups excluding carboxylic acids is 4. The molecule has 15 aromatic carbocycles. The van der Waals surface area contributed by atoms with Crippen molar-refractivity contribution in [1.29, 1.82) is 0 Å². The molecule has 4 heterocycles. The third kappa shape index (κ3) is 23.3. The van der Waals surface area contributed by atoms with Crippen molar-refractivity contribution < 1.29 is 42.5 Å². The van der Waals surface area contributed by atoms with Crippen LogP contribution in [0, 0.1) is 0 Å². The smallest absolute Gasteiger partial charge is 0.269 e. The second-order valence-electron chi connectivity index (χ2n) is 29.3. The first-order chi connectivity index (χ1) is 63.3. The summed E-state index contributed by atoms with van der Waals surface area (Å²) >= 11 is 5.20. The number of oxazole rings is 1. The summed E-state index contributed by atoms with van der Waals surface area (Å²) in [4.78, 5) is 96.6. The summed E-state index contributed by atoms with van der Waals surface area (Å²) in [7, 11) is 0. The van der Waals surface area contributed by atoms with Crippen molar-refractivity contribution in [3.63, 3.8) is 0 Å². The van der Waals surface area contributed by atoms with Gasteiger partial charge in [-0.1, -0.05) is 283 Å². The number of benzene rings is 15. The average molecular weight is 1780 g/mol. The van der Waals surface area contributed by atoms with Crippen molar-refractivity contribution in [3.8, 4) is 46.0 Å². The van der Waals surface area contributed by atoms with Crippen LogP contribution in [0.5, 0.6) is 46.0 Å². The van der Waals surface area contributed by atoms with E-state index in [1.807, 2.05) is 340 Å². The number of aromatic nitrogens is 4. The van der Waals surface area contributed by atoms with Gasteiger partial charge in [0.1, 0.15) is 63.9 Å². The number of para-hydroxylation sites is 8. The van der Waals surface area contributed by atoms with Gasteiger partial charge in [-0.25, -0.2) is 4.98 Å². The standard InChI is InChI=1S/3C28H22N2O3S.C21H16N2O3S/c31-27(29-23-16-8-9-17-25(23)33-21-13-5-2-6-14-21)24(19-20-11-3-1-4-12-20)30-28(32)22-15-7-10-18-26(22)34-30;31-27(29-21-12-9-15-23(19-21)33-22-13-5-2-6-14-22)25(18-20-10-3-1-4-11-20)30-28(32)24-16-7-8-17-26(24)34-30;31-27(29-21-15-17-23(18-16-21)33-22-11-5-2-6-12-22)25(19-20-9-3-1-4-10-20)30-28(32)24-13-7-8-14-26(24)34-30;24-20(14-27-21-23-18-11-4-5-12-19(18)26-21)22-15-7-6-10-17(13-15)25-16-8-2-1-3-9-16/h1-18,24H,19H2,(H,29,31);1-17,19,25H,18H2,(H,29,31);1-18,25H,19H2,(H,29,31);1-13H,14H2,(H,22,24). The molecule has 0 bridgehead atoms. The number of rotatable bonds is 27. The molecular formula is C105H82N8O12S4. The van der Waals surface area contributed by atoms with E-state index in [0.29, 0.717) is 103 Å². The minimum absolute atomic E-state index is 0.140. The maximum atomic E-state index is 13.6. The van der Waals surface area contributed by atoms with Gasteiger partial charge in [0, 0.05) is 48.5 Å². The highest BCUT2D eigenvalue weighted by molar-refractivity contribution is 7.99. The van der Waals surface area contributed by atoms with E-state index in [-0.39, 0.29) is 46.1 Å². The lowest BCUT2D eigenvalue weighted by Crippen LogP contribution is -2.32. The highest BCUT2D eigenvalue weighted by atomic mass is 32.2. The number of carbonyl (C=O) groups is 4. The number of anilines is 4. The molecule has 638 valence electrons. The molecule has 20 nitrogen and oxygen atoms in total. The Balaban J connectivity index is 0.000000127. The molecule has 19 aromatic rings. The van der Waals surface area contributed by atoms with Crippen LogP contribution in [0.3, 0.4) is 0 Å². The van der Waals surface area contributed by atoms with Gasteiger partial charge in [0.25, 0.3) is 21.9 Å². The molecule has 0 aliphatic carbocycles. The number of amides is 4. The Bertz CT molecular complexity index is 7150. The van der Waals surface area contributed by atoms with E-state index in [0.717, 1.165) is 47.8 Å². The quantitative estimate of drug-likeness (QED) is 0.0350. The minimum atomic E-state index is -0.711. The van der Waals surface area contributed by atoms with Crippen molar-refractivity contribution in [2.24, 2.45) is 0 Å². The van der Waals surface area contributed by atoms with Crippen LogP contribution in [0.15, 0.2) is 430 Å². The van der Waals surface area contributed by atoms with Crippen LogP contribution in [-0.2, 0) is 38.4 Å². The molecule has 0 aliphatic rings. The molecule has 3 atom stereocenters. The van der Waals surface area contributed by atoms with Crippen molar-refractivity contribution in [1.82, 2.24) is 16.9 Å². The number of ether oxygens (including phenoxy) is 4. The lowest BCUT2D eigenvalue weighted by atomic mass is 10.1. The molecule has 4 N–H and O–H groups in total. The molecular weight excluding hydrogens is 1690 g/mol. The van der Waals surface area contributed by atoms with Gasteiger partial charge < -0.3 is 44.6 Å². The van der Waals surface area contributed by atoms with Gasteiger partial charge in [-0.15, -0.1) is 0 Å². The second-order valence-corrected chi connectivity index (χ2v) is 33.2. The Kier molecular flexibility index (Phi) is 28.8. The summed E-state index contributed by atoms with van der Waals surface area (Å²) in [5, 5.41) is 14.2. The first-order valence-corrected chi connectivity index (χ1v) is 44.6. The highest BCUT2D eigenvalue weighted by Gasteiger charge is 2.29. The van der Waals surface area contributed by atoms with Gasteiger partial charge in [0.2, 0.25) is 23.6 Å². The SMILES string of the molecule is O=C(CSc1nc2ccccc2o1)Nc1cccc(Oc2ccccc2)c1.O=C(Nc1ccc(Oc2ccccc2)cc1)C(Cc1ccccc1)n1sc2ccccc2c1=O.O=C(Nc1cccc(Oc2ccccc2)c1)C(Cc1ccccc1)n1sc2ccccc2c1=O.O=C(Nc1ccccc1Oc1ccccc1)C(Cc1ccccc1)n1sc2ccccc2c1=O. The monoisotopic (exact) mass is 1770 g/mol. The third-order valence-corrected chi connectivity index (χ3v) is 24.4. The van der Waals surface area contributed by atoms with E-state index < -0.39 is 18.1 Å². The fourth-order valence-corrected chi connectivity index (χ4v) is 17.8. The van der Waals surface area contributed by atoms with Crippen LogP contribution in [0.2, 0.25) is 0 Å². The molecule has 0 aliphatic heterocycles. The zero-order valence-electron chi connectivity index (χ0n) is 69.1. The summed E-state index contributed by atoms with van der Waals surface area (Å²) in [5.41, 5.74) is 6.43. The Morgan fingerprint density at radius 2 is 0.651 bits per heavy atom. The molecule has 4 amide bonds. The summed E-state index contributed by atoms with van der Waals surface area (Å²) in [6, 6.07) is 124. The zero-order valence-corrected chi connectivity index (χ0v) is 72.3. The lowest BCUT2D eigenvalue weighted by Gasteiger charge is -2.19. The molecule has 19 rings (SSSR count). The summed E-state index contributed by atoms with van der Waals surface area (Å²) in [6.45, 7) is 0. The lowest BCUT2D eigenvalue weighted by molar-refractivity contribution is -0.119. The molecule has 0 radical (unpaired) electrons. The number of nitrogens with zero attached hydrogens (tertiary/aromatic N) is 4. The summed E-state index contributed by atoms with van der Waals surface area (Å²) in [6.07, 6.45) is 1.20. The molecule has 24 heteroatoms. The molecule has 0 fully saturated rings. The van der Waals surface area contributed by atoms with Gasteiger partial charge in [-0.3, -0.25) is 45.4 Å². The number of hydrogen-bond acceptors (Lipinski definition) is 17. The van der Waals surface area contributed by atoms with Crippen LogP contribution in [0.4, 0.5) is 22.7 Å². The van der Waals surface area contributed by atoms with Gasteiger partial charge in [0.05, 0.1) is 41.7 Å². The van der Waals surface area contributed by atoms with Crippen LogP contribution in [0.1, 0.15) is 34.8 Å². The predicted molar refractivity (Wildman–Crippen MR) is 517 cm³/mol. The first kappa shape index (κ1) is 86.8. The Morgan fingerprint density at radius 3 is 1.08 bits per heavy atom. The van der Waals surface area contributed by atoms with Crippen molar-refractivity contribution in [2.45, 2.75) is 42.6 Å². The number of nitrogens with one attached hydrogen (secondary N) is 4. The Morgan fingerprint density at radius 1 is 0.318 bits per heavy atom. The largest absolute Gasteiger partial charge is 0.457 e. The normalized spacial score (nSPS) is 11.5. The zero-order chi connectivity index (χ0) is 88.5. The molecule has 0 saturated heterocycles. The van der Waals surface area contributed by atoms with E-state index in [1.165, 1.54) is 46.4 Å². The maximum Gasteiger partial charge on any atom is 0.269 e. The van der Waals surface area contributed by atoms with Gasteiger partial charge >= 0.3 is 0 Å². The predicted octanol–water partition coefficient (Wildman–Crippen LogP) is 24.2. The van der Waals surface area contributed by atoms with E-state index in [2.05, 4.69) is 26.3 Å². The van der Waals surface area contributed by atoms with E-state index in [4.69, 9.17) is 23.4 Å². The molecule has 0 saturated carbocycles. The second kappa shape index (κ2) is 42.8. The summed E-state index contributed by atoms with van der Waals surface area (Å²) in [5.74, 6) is 4.64. The Labute approximate surface area is 758 Å². The summed E-state index contributed by atoms with van der Waals surface area (Å²) < 4.78 is 36.4. The van der Waals surface area contributed by atoms with Gasteiger partial charge in [-0.05, 0) is 174 Å². The molecule has 3 unspecified atom stereocenters. The number of hydrogen-bond donors (Lipinski definition) is 4. The fraction of sp³-hybridized carbons (Fsp3) is 0.0667. The maximum absolute atomic E-state index is 13.6. The third-order valence-electron chi connectivity index (χ3n) is 20.1.